The van der Waals surface area contributed by atoms with Crippen molar-refractivity contribution in [2.75, 3.05) is 0 Å². The molecule has 0 fully saturated rings. The molecule has 0 aliphatic heterocycles. The van der Waals surface area contributed by atoms with Crippen LogP contribution in [0.2, 0.25) is 0 Å². The van der Waals surface area contributed by atoms with Gasteiger partial charge in [-0.2, -0.15) is 0 Å². The van der Waals surface area contributed by atoms with Crippen molar-refractivity contribution in [2.24, 2.45) is 0 Å². The van der Waals surface area contributed by atoms with Crippen LogP contribution < -0.4 is 0 Å². The summed E-state index contributed by atoms with van der Waals surface area (Å²) < 4.78 is 5.25. The Morgan fingerprint density at radius 3 is 2.29 bits per heavy atom. The maximum absolute atomic E-state index is 11.7. The monoisotopic (exact) mass is 280 g/mol. The molecule has 108 valence electrons. The first-order valence-electron chi connectivity index (χ1n) is 7.01. The molecule has 0 aromatic heterocycles. The maximum atomic E-state index is 11.7. The van der Waals surface area contributed by atoms with Gasteiger partial charge < -0.3 is 4.74 Å². The van der Waals surface area contributed by atoms with E-state index in [0.717, 1.165) is 16.7 Å². The molecule has 2 heteroatoms. The van der Waals surface area contributed by atoms with Crippen LogP contribution in [-0.2, 0) is 9.53 Å². The lowest BCUT2D eigenvalue weighted by Gasteiger charge is -2.17. The number of hydrogen-bond donors (Lipinski definition) is 0. The van der Waals surface area contributed by atoms with Crippen molar-refractivity contribution >= 4 is 12.0 Å². The average Bonchev–Trinajstić information content (AvgIpc) is 2.45. The summed E-state index contributed by atoms with van der Waals surface area (Å²) >= 11 is 0. The van der Waals surface area contributed by atoms with Gasteiger partial charge in [-0.3, -0.25) is 0 Å². The highest BCUT2D eigenvalue weighted by Crippen LogP contribution is 2.20. The Bertz CT molecular complexity index is 634. The predicted octanol–water partition coefficient (Wildman–Crippen LogP) is 4.71. The molecule has 0 aliphatic rings. The van der Waals surface area contributed by atoms with Crippen molar-refractivity contribution in [1.29, 1.82) is 0 Å². The number of carbonyl (C=O) groups excluding carboxylic acids is 1. The summed E-state index contributed by atoms with van der Waals surface area (Å²) in [7, 11) is 0. The van der Waals surface area contributed by atoms with Gasteiger partial charge in [-0.1, -0.05) is 48.5 Å². The van der Waals surface area contributed by atoms with Gasteiger partial charge in [0, 0.05) is 6.08 Å². The molecule has 0 unspecified atom stereocenters. The van der Waals surface area contributed by atoms with Crippen LogP contribution in [0.1, 0.15) is 26.3 Å². The summed E-state index contributed by atoms with van der Waals surface area (Å²) in [6, 6.07) is 18.2. The second-order valence-electron chi connectivity index (χ2n) is 5.86. The lowest BCUT2D eigenvalue weighted by atomic mass is 10.0. The van der Waals surface area contributed by atoms with Crippen LogP contribution in [0.15, 0.2) is 60.7 Å². The maximum Gasteiger partial charge on any atom is 0.331 e. The zero-order chi connectivity index (χ0) is 15.3. The third-order valence-corrected chi connectivity index (χ3v) is 2.81. The van der Waals surface area contributed by atoms with Crippen LogP contribution in [0.5, 0.6) is 0 Å². The van der Waals surface area contributed by atoms with Gasteiger partial charge in [0.2, 0.25) is 0 Å². The molecule has 0 spiro atoms. The van der Waals surface area contributed by atoms with Gasteiger partial charge in [0.1, 0.15) is 5.60 Å². The van der Waals surface area contributed by atoms with E-state index < -0.39 is 5.60 Å². The SMILES string of the molecule is CC(C)(C)OC(=O)/C=C/c1cccc(-c2ccccc2)c1. The normalized spacial score (nSPS) is 11.6. The van der Waals surface area contributed by atoms with Gasteiger partial charge in [0.15, 0.2) is 0 Å². The van der Waals surface area contributed by atoms with E-state index in [-0.39, 0.29) is 5.97 Å². The molecular formula is C19H20O2. The fraction of sp³-hybridized carbons (Fsp3) is 0.211. The van der Waals surface area contributed by atoms with Crippen LogP contribution in [0.4, 0.5) is 0 Å². The Kier molecular flexibility index (Phi) is 4.59. The van der Waals surface area contributed by atoms with E-state index in [2.05, 4.69) is 24.3 Å². The highest BCUT2D eigenvalue weighted by molar-refractivity contribution is 5.87. The van der Waals surface area contributed by atoms with E-state index in [4.69, 9.17) is 4.74 Å². The second-order valence-corrected chi connectivity index (χ2v) is 5.86. The topological polar surface area (TPSA) is 26.3 Å². The molecule has 0 bridgehead atoms. The molecule has 0 amide bonds. The molecule has 0 saturated heterocycles. The number of ether oxygens (including phenoxy) is 1. The first-order valence-corrected chi connectivity index (χ1v) is 7.01. The highest BCUT2D eigenvalue weighted by Gasteiger charge is 2.13. The average molecular weight is 280 g/mol. The molecule has 2 aromatic rings. The smallest absolute Gasteiger partial charge is 0.331 e. The quantitative estimate of drug-likeness (QED) is 0.601. The van der Waals surface area contributed by atoms with Gasteiger partial charge in [-0.25, -0.2) is 4.79 Å². The Morgan fingerprint density at radius 2 is 1.62 bits per heavy atom. The molecule has 0 N–H and O–H groups in total. The van der Waals surface area contributed by atoms with Crippen molar-refractivity contribution in [3.63, 3.8) is 0 Å². The van der Waals surface area contributed by atoms with E-state index in [1.165, 1.54) is 6.08 Å². The van der Waals surface area contributed by atoms with Gasteiger partial charge in [0.05, 0.1) is 0 Å². The minimum Gasteiger partial charge on any atom is -0.457 e. The third-order valence-electron chi connectivity index (χ3n) is 2.81. The zero-order valence-corrected chi connectivity index (χ0v) is 12.7. The molecule has 21 heavy (non-hydrogen) atoms. The number of hydrogen-bond acceptors (Lipinski definition) is 2. The molecule has 0 saturated carbocycles. The summed E-state index contributed by atoms with van der Waals surface area (Å²) in [6.45, 7) is 5.57. The van der Waals surface area contributed by atoms with Crippen LogP contribution in [-0.4, -0.2) is 11.6 Å². The van der Waals surface area contributed by atoms with Crippen molar-refractivity contribution in [3.05, 3.63) is 66.2 Å². The molecule has 0 radical (unpaired) electrons. The third kappa shape index (κ3) is 4.92. The zero-order valence-electron chi connectivity index (χ0n) is 12.7. The van der Waals surface area contributed by atoms with Crippen molar-refractivity contribution < 1.29 is 9.53 Å². The van der Waals surface area contributed by atoms with Crippen LogP contribution >= 0.6 is 0 Å². The summed E-state index contributed by atoms with van der Waals surface area (Å²) in [4.78, 5) is 11.7. The summed E-state index contributed by atoms with van der Waals surface area (Å²) in [5.41, 5.74) is 2.79. The van der Waals surface area contributed by atoms with Gasteiger partial charge in [-0.05, 0) is 49.6 Å². The predicted molar refractivity (Wildman–Crippen MR) is 86.8 cm³/mol. The first kappa shape index (κ1) is 15.0. The van der Waals surface area contributed by atoms with Crippen molar-refractivity contribution in [3.8, 4) is 11.1 Å². The molecule has 0 atom stereocenters. The number of rotatable bonds is 3. The Hall–Kier alpha value is -2.35. The fourth-order valence-electron chi connectivity index (χ4n) is 1.95. The molecule has 2 aromatic carbocycles. The van der Waals surface area contributed by atoms with Crippen molar-refractivity contribution in [1.82, 2.24) is 0 Å². The number of esters is 1. The lowest BCUT2D eigenvalue weighted by molar-refractivity contribution is -0.148. The minimum atomic E-state index is -0.465. The Morgan fingerprint density at radius 1 is 0.952 bits per heavy atom. The van der Waals surface area contributed by atoms with E-state index in [1.807, 2.05) is 51.1 Å². The largest absolute Gasteiger partial charge is 0.457 e. The second kappa shape index (κ2) is 6.40. The van der Waals surface area contributed by atoms with E-state index in [9.17, 15) is 4.79 Å². The van der Waals surface area contributed by atoms with Gasteiger partial charge >= 0.3 is 5.97 Å². The minimum absolute atomic E-state index is 0.326. The van der Waals surface area contributed by atoms with E-state index >= 15 is 0 Å². The highest BCUT2D eigenvalue weighted by atomic mass is 16.6. The Labute approximate surface area is 126 Å². The van der Waals surface area contributed by atoms with Crippen LogP contribution in [0.25, 0.3) is 17.2 Å². The van der Waals surface area contributed by atoms with Crippen LogP contribution in [0.3, 0.4) is 0 Å². The fourth-order valence-corrected chi connectivity index (χ4v) is 1.95. The van der Waals surface area contributed by atoms with E-state index in [0.29, 0.717) is 0 Å². The molecule has 2 nitrogen and oxygen atoms in total. The standard InChI is InChI=1S/C19H20O2/c1-19(2,3)21-18(20)13-12-15-8-7-11-17(14-15)16-9-5-4-6-10-16/h4-14H,1-3H3/b13-12+. The van der Waals surface area contributed by atoms with E-state index in [1.54, 1.807) is 6.08 Å². The summed E-state index contributed by atoms with van der Waals surface area (Å²) in [6.07, 6.45) is 3.25. The van der Waals surface area contributed by atoms with Crippen LogP contribution in [0, 0.1) is 0 Å². The van der Waals surface area contributed by atoms with Crippen molar-refractivity contribution in [2.45, 2.75) is 26.4 Å². The number of benzene rings is 2. The van der Waals surface area contributed by atoms with Gasteiger partial charge in [0.25, 0.3) is 0 Å². The summed E-state index contributed by atoms with van der Waals surface area (Å²) in [5.74, 6) is -0.326. The Balaban J connectivity index is 2.13. The molecule has 0 aliphatic carbocycles. The molecule has 0 heterocycles. The first-order chi connectivity index (χ1) is 9.94. The lowest BCUT2D eigenvalue weighted by Crippen LogP contribution is -2.22. The summed E-state index contributed by atoms with van der Waals surface area (Å²) in [5, 5.41) is 0. The van der Waals surface area contributed by atoms with Gasteiger partial charge in [-0.15, -0.1) is 0 Å². The number of carbonyl (C=O) groups is 1. The molecule has 2 rings (SSSR count). The molecular weight excluding hydrogens is 260 g/mol.